The van der Waals surface area contributed by atoms with E-state index in [9.17, 15) is 4.39 Å². The zero-order valence-corrected chi connectivity index (χ0v) is 11.4. The first-order valence-corrected chi connectivity index (χ1v) is 6.18. The molecule has 0 unspecified atom stereocenters. The summed E-state index contributed by atoms with van der Waals surface area (Å²) in [6, 6.07) is 13.2. The van der Waals surface area contributed by atoms with E-state index in [1.807, 2.05) is 12.1 Å². The molecule has 0 saturated carbocycles. The van der Waals surface area contributed by atoms with Gasteiger partial charge in [-0.05, 0) is 35.9 Å². The molecule has 4 nitrogen and oxygen atoms in total. The third-order valence-electron chi connectivity index (χ3n) is 2.97. The van der Waals surface area contributed by atoms with Crippen LogP contribution in [-0.4, -0.2) is 7.11 Å². The van der Waals surface area contributed by atoms with E-state index in [0.29, 0.717) is 23.5 Å². The van der Waals surface area contributed by atoms with Gasteiger partial charge in [0.25, 0.3) is 0 Å². The lowest BCUT2D eigenvalue weighted by Crippen LogP contribution is -2.02. The van der Waals surface area contributed by atoms with Crippen LogP contribution in [0.5, 0.6) is 5.75 Å². The van der Waals surface area contributed by atoms with Crippen LogP contribution in [0.25, 0.3) is 0 Å². The van der Waals surface area contributed by atoms with Crippen molar-refractivity contribution < 1.29 is 9.13 Å². The maximum atomic E-state index is 13.1. The molecule has 0 bridgehead atoms. The maximum absolute atomic E-state index is 13.1. The highest BCUT2D eigenvalue weighted by Crippen LogP contribution is 2.21. The first-order valence-electron chi connectivity index (χ1n) is 6.18. The number of hydrogen-bond donors (Lipinski definition) is 1. The Morgan fingerprint density at radius 1 is 1.10 bits per heavy atom. The Balaban J connectivity index is 2.18. The van der Waals surface area contributed by atoms with Crippen molar-refractivity contribution in [1.29, 1.82) is 10.5 Å². The summed E-state index contributed by atoms with van der Waals surface area (Å²) in [5, 5.41) is 21.0. The minimum Gasteiger partial charge on any atom is -0.495 e. The van der Waals surface area contributed by atoms with Gasteiger partial charge in [-0.15, -0.1) is 0 Å². The lowest BCUT2D eigenvalue weighted by atomic mass is 10.1. The van der Waals surface area contributed by atoms with Crippen molar-refractivity contribution in [3.8, 4) is 17.9 Å². The highest BCUT2D eigenvalue weighted by Gasteiger charge is 2.06. The van der Waals surface area contributed by atoms with Gasteiger partial charge in [-0.25, -0.2) is 4.39 Å². The van der Waals surface area contributed by atoms with Crippen LogP contribution in [0.1, 0.15) is 16.7 Å². The van der Waals surface area contributed by atoms with E-state index in [1.54, 1.807) is 18.2 Å². The summed E-state index contributed by atoms with van der Waals surface area (Å²) in [7, 11) is 1.50. The van der Waals surface area contributed by atoms with Gasteiger partial charge < -0.3 is 10.1 Å². The zero-order valence-electron chi connectivity index (χ0n) is 11.4. The SMILES string of the molecule is COc1cc(CNc2ccc(F)cc2C#N)ccc1C#N. The number of methoxy groups -OCH3 is 1. The highest BCUT2D eigenvalue weighted by atomic mass is 19.1. The minimum absolute atomic E-state index is 0.246. The lowest BCUT2D eigenvalue weighted by molar-refractivity contribution is 0.413. The Labute approximate surface area is 122 Å². The van der Waals surface area contributed by atoms with Crippen LogP contribution in [0.4, 0.5) is 10.1 Å². The number of halogens is 1. The Bertz CT molecular complexity index is 744. The van der Waals surface area contributed by atoms with Crippen molar-refractivity contribution in [2.45, 2.75) is 6.54 Å². The second-order valence-corrected chi connectivity index (χ2v) is 4.30. The van der Waals surface area contributed by atoms with Crippen molar-refractivity contribution in [3.05, 3.63) is 58.9 Å². The number of rotatable bonds is 4. The molecule has 0 amide bonds. The summed E-state index contributed by atoms with van der Waals surface area (Å²) < 4.78 is 18.2. The fourth-order valence-corrected chi connectivity index (χ4v) is 1.90. The van der Waals surface area contributed by atoms with E-state index in [0.717, 1.165) is 5.56 Å². The molecular weight excluding hydrogens is 269 g/mol. The van der Waals surface area contributed by atoms with Crippen LogP contribution in [0.15, 0.2) is 36.4 Å². The quantitative estimate of drug-likeness (QED) is 0.934. The van der Waals surface area contributed by atoms with E-state index < -0.39 is 5.82 Å². The Hall–Kier alpha value is -3.05. The topological polar surface area (TPSA) is 68.8 Å². The Morgan fingerprint density at radius 3 is 2.52 bits per heavy atom. The predicted octanol–water partition coefficient (Wildman–Crippen LogP) is 3.19. The number of anilines is 1. The lowest BCUT2D eigenvalue weighted by Gasteiger charge is -2.10. The van der Waals surface area contributed by atoms with Crippen LogP contribution in [0.2, 0.25) is 0 Å². The Kier molecular flexibility index (Phi) is 4.38. The van der Waals surface area contributed by atoms with Gasteiger partial charge >= 0.3 is 0 Å². The van der Waals surface area contributed by atoms with Crippen molar-refractivity contribution >= 4 is 5.69 Å². The Morgan fingerprint density at radius 2 is 1.86 bits per heavy atom. The number of hydrogen-bond acceptors (Lipinski definition) is 4. The predicted molar refractivity (Wildman–Crippen MR) is 76.2 cm³/mol. The second-order valence-electron chi connectivity index (χ2n) is 4.30. The third-order valence-corrected chi connectivity index (χ3v) is 2.97. The van der Waals surface area contributed by atoms with E-state index in [4.69, 9.17) is 15.3 Å². The third kappa shape index (κ3) is 3.29. The summed E-state index contributed by atoms with van der Waals surface area (Å²) >= 11 is 0. The van der Waals surface area contributed by atoms with Gasteiger partial charge in [-0.1, -0.05) is 6.07 Å². The largest absolute Gasteiger partial charge is 0.495 e. The van der Waals surface area contributed by atoms with Crippen molar-refractivity contribution in [2.75, 3.05) is 12.4 Å². The standard InChI is InChI=1S/C16H12FN3O/c1-21-16-6-11(2-3-12(16)8-18)10-20-15-5-4-14(17)7-13(15)9-19/h2-7,20H,10H2,1H3. The van der Waals surface area contributed by atoms with E-state index in [1.165, 1.54) is 25.3 Å². The van der Waals surface area contributed by atoms with Gasteiger partial charge in [0.05, 0.1) is 23.9 Å². The number of ether oxygens (including phenoxy) is 1. The molecule has 5 heteroatoms. The normalized spacial score (nSPS) is 9.52. The highest BCUT2D eigenvalue weighted by molar-refractivity contribution is 5.58. The molecule has 1 N–H and O–H groups in total. The van der Waals surface area contributed by atoms with Gasteiger partial charge in [-0.2, -0.15) is 10.5 Å². The van der Waals surface area contributed by atoms with Gasteiger partial charge in [-0.3, -0.25) is 0 Å². The molecular formula is C16H12FN3O. The molecule has 104 valence electrons. The molecule has 0 fully saturated rings. The van der Waals surface area contributed by atoms with Crippen molar-refractivity contribution in [3.63, 3.8) is 0 Å². The van der Waals surface area contributed by atoms with Gasteiger partial charge in [0.2, 0.25) is 0 Å². The van der Waals surface area contributed by atoms with Crippen molar-refractivity contribution in [1.82, 2.24) is 0 Å². The average Bonchev–Trinajstić information content (AvgIpc) is 2.53. The zero-order chi connectivity index (χ0) is 15.2. The molecule has 0 spiro atoms. The van der Waals surface area contributed by atoms with Crippen LogP contribution in [0, 0.1) is 28.5 Å². The summed E-state index contributed by atoms with van der Waals surface area (Å²) in [5.74, 6) is 0.0496. The molecule has 2 aromatic rings. The molecule has 0 aromatic heterocycles. The summed E-state index contributed by atoms with van der Waals surface area (Å²) in [5.41, 5.74) is 2.15. The molecule has 0 heterocycles. The van der Waals surface area contributed by atoms with Gasteiger partial charge in [0.15, 0.2) is 0 Å². The van der Waals surface area contributed by atoms with E-state index >= 15 is 0 Å². The molecule has 0 aliphatic rings. The molecule has 2 rings (SSSR count). The minimum atomic E-state index is -0.447. The first-order chi connectivity index (χ1) is 10.2. The van der Waals surface area contributed by atoms with Crippen LogP contribution >= 0.6 is 0 Å². The fraction of sp³-hybridized carbons (Fsp3) is 0.125. The van der Waals surface area contributed by atoms with Crippen LogP contribution < -0.4 is 10.1 Å². The molecule has 0 saturated heterocycles. The molecule has 0 aliphatic carbocycles. The molecule has 0 atom stereocenters. The molecule has 21 heavy (non-hydrogen) atoms. The van der Waals surface area contributed by atoms with E-state index in [-0.39, 0.29) is 5.56 Å². The second kappa shape index (κ2) is 6.40. The summed E-state index contributed by atoms with van der Waals surface area (Å²) in [6.07, 6.45) is 0. The fourth-order valence-electron chi connectivity index (χ4n) is 1.90. The van der Waals surface area contributed by atoms with Crippen LogP contribution in [0.3, 0.4) is 0 Å². The molecule has 0 radical (unpaired) electrons. The maximum Gasteiger partial charge on any atom is 0.136 e. The van der Waals surface area contributed by atoms with Crippen LogP contribution in [-0.2, 0) is 6.54 Å². The number of benzene rings is 2. The first kappa shape index (κ1) is 14.4. The smallest absolute Gasteiger partial charge is 0.136 e. The van der Waals surface area contributed by atoms with E-state index in [2.05, 4.69) is 5.32 Å². The van der Waals surface area contributed by atoms with Crippen molar-refractivity contribution in [2.24, 2.45) is 0 Å². The number of nitrogens with zero attached hydrogens (tertiary/aromatic N) is 2. The average molecular weight is 281 g/mol. The van der Waals surface area contributed by atoms with Gasteiger partial charge in [0.1, 0.15) is 23.7 Å². The summed E-state index contributed by atoms with van der Waals surface area (Å²) in [6.45, 7) is 0.433. The number of nitrogens with one attached hydrogen (secondary N) is 1. The monoisotopic (exact) mass is 281 g/mol. The van der Waals surface area contributed by atoms with Gasteiger partial charge in [0, 0.05) is 6.54 Å². The molecule has 0 aliphatic heterocycles. The number of nitriles is 2. The molecule has 2 aromatic carbocycles. The summed E-state index contributed by atoms with van der Waals surface area (Å²) in [4.78, 5) is 0.